The minimum absolute atomic E-state index is 0.205. The smallest absolute Gasteiger partial charge is 0.265 e. The lowest BCUT2D eigenvalue weighted by Crippen LogP contribution is -2.26. The standard InChI is InChI=1S/C13H14Cl2N4OS/c1-6(8-4-3-7(14)5-9(8)15)18-12(20)10-11(16)19-13(17-2)21-10/h3-6H,16H2,1-2H3,(H,17,19)(H,18,20). The van der Waals surface area contributed by atoms with Crippen LogP contribution < -0.4 is 16.4 Å². The van der Waals surface area contributed by atoms with Crippen LogP contribution in [0.1, 0.15) is 28.2 Å². The zero-order valence-electron chi connectivity index (χ0n) is 11.4. The molecule has 112 valence electrons. The fourth-order valence-electron chi connectivity index (χ4n) is 1.79. The lowest BCUT2D eigenvalue weighted by Gasteiger charge is -2.15. The highest BCUT2D eigenvalue weighted by molar-refractivity contribution is 7.18. The molecule has 0 saturated carbocycles. The molecular formula is C13H14Cl2N4OS. The summed E-state index contributed by atoms with van der Waals surface area (Å²) in [6.07, 6.45) is 0. The van der Waals surface area contributed by atoms with Crippen molar-refractivity contribution in [3.63, 3.8) is 0 Å². The van der Waals surface area contributed by atoms with Crippen LogP contribution in [0.15, 0.2) is 18.2 Å². The van der Waals surface area contributed by atoms with E-state index < -0.39 is 0 Å². The number of nitrogens with two attached hydrogens (primary N) is 1. The van der Waals surface area contributed by atoms with Crippen molar-refractivity contribution in [2.75, 3.05) is 18.1 Å². The third kappa shape index (κ3) is 3.58. The largest absolute Gasteiger partial charge is 0.382 e. The molecule has 1 aromatic heterocycles. The van der Waals surface area contributed by atoms with Crippen LogP contribution in [0.25, 0.3) is 0 Å². The number of hydrogen-bond acceptors (Lipinski definition) is 5. The van der Waals surface area contributed by atoms with E-state index in [0.717, 1.165) is 5.56 Å². The Hall–Kier alpha value is -1.50. The molecule has 0 radical (unpaired) electrons. The highest BCUT2D eigenvalue weighted by Gasteiger charge is 2.19. The van der Waals surface area contributed by atoms with Crippen LogP contribution >= 0.6 is 34.5 Å². The number of hydrogen-bond donors (Lipinski definition) is 3. The van der Waals surface area contributed by atoms with Crippen molar-refractivity contribution in [3.05, 3.63) is 38.7 Å². The topological polar surface area (TPSA) is 80.0 Å². The van der Waals surface area contributed by atoms with Crippen LogP contribution in [-0.2, 0) is 0 Å². The Morgan fingerprint density at radius 1 is 1.43 bits per heavy atom. The number of nitrogen functional groups attached to an aromatic ring is 1. The Labute approximate surface area is 136 Å². The molecule has 1 atom stereocenters. The summed E-state index contributed by atoms with van der Waals surface area (Å²) in [6.45, 7) is 1.84. The number of thiazole rings is 1. The van der Waals surface area contributed by atoms with Gasteiger partial charge in [-0.1, -0.05) is 40.6 Å². The summed E-state index contributed by atoms with van der Waals surface area (Å²) in [4.78, 5) is 16.7. The van der Waals surface area contributed by atoms with Gasteiger partial charge in [0.25, 0.3) is 5.91 Å². The number of carbonyl (C=O) groups is 1. The number of halogens is 2. The minimum Gasteiger partial charge on any atom is -0.382 e. The van der Waals surface area contributed by atoms with Crippen molar-refractivity contribution in [1.82, 2.24) is 10.3 Å². The van der Waals surface area contributed by atoms with E-state index in [9.17, 15) is 4.79 Å². The first-order valence-electron chi connectivity index (χ1n) is 6.12. The number of benzene rings is 1. The van der Waals surface area contributed by atoms with Gasteiger partial charge < -0.3 is 16.4 Å². The van der Waals surface area contributed by atoms with Gasteiger partial charge in [0.05, 0.1) is 6.04 Å². The molecule has 0 aliphatic heterocycles. The zero-order valence-corrected chi connectivity index (χ0v) is 13.7. The van der Waals surface area contributed by atoms with E-state index >= 15 is 0 Å². The molecule has 8 heteroatoms. The third-order valence-corrected chi connectivity index (χ3v) is 4.50. The van der Waals surface area contributed by atoms with Gasteiger partial charge >= 0.3 is 0 Å². The molecule has 0 aliphatic rings. The summed E-state index contributed by atoms with van der Waals surface area (Å²) in [5.41, 5.74) is 6.52. The number of nitrogens with zero attached hydrogens (tertiary/aromatic N) is 1. The molecule has 0 aliphatic carbocycles. The molecule has 2 rings (SSSR count). The normalized spacial score (nSPS) is 12.0. The number of nitrogens with one attached hydrogen (secondary N) is 2. The summed E-state index contributed by atoms with van der Waals surface area (Å²) in [5, 5.41) is 7.35. The van der Waals surface area contributed by atoms with Gasteiger partial charge in [-0.15, -0.1) is 0 Å². The van der Waals surface area contributed by atoms with Gasteiger partial charge in [-0.3, -0.25) is 4.79 Å². The molecule has 2 aromatic rings. The first-order chi connectivity index (χ1) is 9.92. The van der Waals surface area contributed by atoms with E-state index in [-0.39, 0.29) is 17.8 Å². The van der Waals surface area contributed by atoms with E-state index in [2.05, 4.69) is 15.6 Å². The summed E-state index contributed by atoms with van der Waals surface area (Å²) in [7, 11) is 1.72. The first-order valence-corrected chi connectivity index (χ1v) is 7.69. The second-order valence-corrected chi connectivity index (χ2v) is 6.19. The Morgan fingerprint density at radius 3 is 2.71 bits per heavy atom. The Bertz CT molecular complexity index is 674. The molecule has 1 aromatic carbocycles. The summed E-state index contributed by atoms with van der Waals surface area (Å²) in [5.74, 6) is -0.0822. The molecule has 1 amide bonds. The lowest BCUT2D eigenvalue weighted by molar-refractivity contribution is 0.0944. The van der Waals surface area contributed by atoms with E-state index in [0.29, 0.717) is 20.1 Å². The quantitative estimate of drug-likeness (QED) is 0.791. The monoisotopic (exact) mass is 344 g/mol. The summed E-state index contributed by atoms with van der Waals surface area (Å²) in [6, 6.07) is 4.87. The zero-order chi connectivity index (χ0) is 15.6. The Morgan fingerprint density at radius 2 is 2.14 bits per heavy atom. The highest BCUT2D eigenvalue weighted by atomic mass is 35.5. The maximum Gasteiger partial charge on any atom is 0.265 e. The number of anilines is 2. The van der Waals surface area contributed by atoms with Crippen molar-refractivity contribution in [2.24, 2.45) is 0 Å². The molecule has 21 heavy (non-hydrogen) atoms. The first kappa shape index (κ1) is 15.9. The fourth-order valence-corrected chi connectivity index (χ4v) is 3.11. The van der Waals surface area contributed by atoms with Gasteiger partial charge in [0, 0.05) is 17.1 Å². The molecule has 0 bridgehead atoms. The van der Waals surface area contributed by atoms with Gasteiger partial charge in [0.2, 0.25) is 0 Å². The van der Waals surface area contributed by atoms with E-state index in [1.807, 2.05) is 6.92 Å². The predicted octanol–water partition coefficient (Wildman–Crippen LogP) is 3.56. The predicted molar refractivity (Wildman–Crippen MR) is 88.4 cm³/mol. The van der Waals surface area contributed by atoms with E-state index in [1.165, 1.54) is 11.3 Å². The maximum atomic E-state index is 12.2. The third-order valence-electron chi connectivity index (χ3n) is 2.85. The Balaban J connectivity index is 2.16. The molecule has 0 saturated heterocycles. The molecule has 4 N–H and O–H groups in total. The van der Waals surface area contributed by atoms with Crippen molar-refractivity contribution in [1.29, 1.82) is 0 Å². The van der Waals surface area contributed by atoms with Crippen LogP contribution in [0.4, 0.5) is 10.9 Å². The Kier molecular flexibility index (Phi) is 4.92. The number of rotatable bonds is 4. The fraction of sp³-hybridized carbons (Fsp3) is 0.231. The van der Waals surface area contributed by atoms with E-state index in [4.69, 9.17) is 28.9 Å². The lowest BCUT2D eigenvalue weighted by atomic mass is 10.1. The van der Waals surface area contributed by atoms with Crippen LogP contribution in [-0.4, -0.2) is 17.9 Å². The highest BCUT2D eigenvalue weighted by Crippen LogP contribution is 2.28. The van der Waals surface area contributed by atoms with Crippen LogP contribution in [0.3, 0.4) is 0 Å². The van der Waals surface area contributed by atoms with Gasteiger partial charge in [0.15, 0.2) is 5.13 Å². The molecule has 5 nitrogen and oxygen atoms in total. The molecule has 0 fully saturated rings. The van der Waals surface area contributed by atoms with Crippen molar-refractivity contribution in [2.45, 2.75) is 13.0 Å². The number of carbonyl (C=O) groups excluding carboxylic acids is 1. The van der Waals surface area contributed by atoms with Crippen molar-refractivity contribution < 1.29 is 4.79 Å². The average Bonchev–Trinajstić information content (AvgIpc) is 2.79. The molecule has 1 heterocycles. The minimum atomic E-state index is -0.287. The van der Waals surface area contributed by atoms with Crippen LogP contribution in [0.2, 0.25) is 10.0 Å². The summed E-state index contributed by atoms with van der Waals surface area (Å²) < 4.78 is 0. The average molecular weight is 345 g/mol. The van der Waals surface area contributed by atoms with Gasteiger partial charge in [-0.05, 0) is 24.6 Å². The van der Waals surface area contributed by atoms with Gasteiger partial charge in [-0.25, -0.2) is 4.98 Å². The molecule has 1 unspecified atom stereocenters. The molecule has 0 spiro atoms. The van der Waals surface area contributed by atoms with E-state index in [1.54, 1.807) is 25.2 Å². The SMILES string of the molecule is CNc1nc(N)c(C(=O)NC(C)c2ccc(Cl)cc2Cl)s1. The second-order valence-electron chi connectivity index (χ2n) is 4.34. The number of amides is 1. The van der Waals surface area contributed by atoms with Crippen molar-refractivity contribution in [3.8, 4) is 0 Å². The summed E-state index contributed by atoms with van der Waals surface area (Å²) >= 11 is 13.2. The van der Waals surface area contributed by atoms with Gasteiger partial charge in [0.1, 0.15) is 10.7 Å². The number of aromatic nitrogens is 1. The maximum absolute atomic E-state index is 12.2. The van der Waals surface area contributed by atoms with Crippen LogP contribution in [0.5, 0.6) is 0 Å². The molecular weight excluding hydrogens is 331 g/mol. The van der Waals surface area contributed by atoms with Crippen LogP contribution in [0, 0.1) is 0 Å². The second kappa shape index (κ2) is 6.51. The van der Waals surface area contributed by atoms with Crippen molar-refractivity contribution >= 4 is 51.4 Å². The van der Waals surface area contributed by atoms with Gasteiger partial charge in [-0.2, -0.15) is 0 Å².